The van der Waals surface area contributed by atoms with Gasteiger partial charge in [0.2, 0.25) is 0 Å². The number of ether oxygens (including phenoxy) is 1. The third-order valence-electron chi connectivity index (χ3n) is 2.98. The summed E-state index contributed by atoms with van der Waals surface area (Å²) in [6.07, 6.45) is 6.97. The van der Waals surface area contributed by atoms with E-state index < -0.39 is 5.82 Å². The quantitative estimate of drug-likeness (QED) is 0.796. The van der Waals surface area contributed by atoms with Crippen molar-refractivity contribution in [3.05, 3.63) is 18.2 Å². The Morgan fingerprint density at radius 3 is 2.94 bits per heavy atom. The molecule has 5 heteroatoms. The van der Waals surface area contributed by atoms with E-state index in [2.05, 4.69) is 15.3 Å². The molecule has 1 aliphatic rings. The van der Waals surface area contributed by atoms with Gasteiger partial charge in [-0.3, -0.25) is 0 Å². The van der Waals surface area contributed by atoms with E-state index in [-0.39, 0.29) is 6.01 Å². The van der Waals surface area contributed by atoms with E-state index in [1.54, 1.807) is 0 Å². The smallest absolute Gasteiger partial charge is 0.316 e. The highest BCUT2D eigenvalue weighted by Crippen LogP contribution is 2.15. The largest absolute Gasteiger partial charge is 0.463 e. The predicted octanol–water partition coefficient (Wildman–Crippen LogP) is 1.77. The van der Waals surface area contributed by atoms with Gasteiger partial charge in [0.1, 0.15) is 0 Å². The van der Waals surface area contributed by atoms with Crippen molar-refractivity contribution in [2.45, 2.75) is 25.7 Å². The second-order valence-electron chi connectivity index (χ2n) is 4.39. The molecule has 2 heterocycles. The first-order chi connectivity index (χ1) is 8.34. The summed E-state index contributed by atoms with van der Waals surface area (Å²) in [4.78, 5) is 7.48. The molecule has 0 bridgehead atoms. The number of hydrogen-bond donors (Lipinski definition) is 1. The number of piperidine rings is 1. The van der Waals surface area contributed by atoms with Crippen molar-refractivity contribution in [3.63, 3.8) is 0 Å². The normalized spacial score (nSPS) is 20.2. The molecular formula is C12H18FN3O. The van der Waals surface area contributed by atoms with Crippen LogP contribution in [0.3, 0.4) is 0 Å². The fourth-order valence-electron chi connectivity index (χ4n) is 2.08. The van der Waals surface area contributed by atoms with E-state index in [0.29, 0.717) is 6.61 Å². The minimum absolute atomic E-state index is 0.258. The van der Waals surface area contributed by atoms with Gasteiger partial charge in [-0.15, -0.1) is 0 Å². The number of nitrogens with zero attached hydrogens (tertiary/aromatic N) is 2. The van der Waals surface area contributed by atoms with E-state index in [0.717, 1.165) is 44.2 Å². The molecular weight excluding hydrogens is 221 g/mol. The topological polar surface area (TPSA) is 47.0 Å². The molecule has 17 heavy (non-hydrogen) atoms. The molecule has 0 radical (unpaired) electrons. The summed E-state index contributed by atoms with van der Waals surface area (Å²) in [7, 11) is 0. The van der Waals surface area contributed by atoms with Crippen LogP contribution in [0.5, 0.6) is 6.01 Å². The van der Waals surface area contributed by atoms with Gasteiger partial charge in [-0.1, -0.05) is 0 Å². The molecule has 0 amide bonds. The molecule has 1 aliphatic heterocycles. The second kappa shape index (κ2) is 6.49. The van der Waals surface area contributed by atoms with Crippen LogP contribution in [0.2, 0.25) is 0 Å². The van der Waals surface area contributed by atoms with Crippen molar-refractivity contribution >= 4 is 0 Å². The third kappa shape index (κ3) is 4.26. The van der Waals surface area contributed by atoms with Crippen molar-refractivity contribution in [1.82, 2.24) is 15.3 Å². The highest BCUT2D eigenvalue weighted by molar-refractivity contribution is 4.95. The standard InChI is InChI=1S/C12H18FN3O/c13-11-8-15-12(16-9-11)17-6-2-4-10-3-1-5-14-7-10/h8-10,14H,1-7H2/t10-/m0/s1. The zero-order valence-electron chi connectivity index (χ0n) is 9.86. The molecule has 0 aromatic carbocycles. The maximum atomic E-state index is 12.5. The summed E-state index contributed by atoms with van der Waals surface area (Å²) >= 11 is 0. The summed E-state index contributed by atoms with van der Waals surface area (Å²) in [6.45, 7) is 2.87. The Hall–Kier alpha value is -1.23. The summed E-state index contributed by atoms with van der Waals surface area (Å²) < 4.78 is 17.9. The van der Waals surface area contributed by atoms with Crippen molar-refractivity contribution in [2.24, 2.45) is 5.92 Å². The van der Waals surface area contributed by atoms with E-state index >= 15 is 0 Å². The van der Waals surface area contributed by atoms with Crippen LogP contribution < -0.4 is 10.1 Å². The molecule has 2 rings (SSSR count). The maximum absolute atomic E-state index is 12.5. The molecule has 0 aliphatic carbocycles. The Morgan fingerprint density at radius 2 is 2.24 bits per heavy atom. The molecule has 0 unspecified atom stereocenters. The predicted molar refractivity (Wildman–Crippen MR) is 62.3 cm³/mol. The first-order valence-electron chi connectivity index (χ1n) is 6.15. The van der Waals surface area contributed by atoms with Gasteiger partial charge >= 0.3 is 6.01 Å². The first kappa shape index (κ1) is 12.2. The van der Waals surface area contributed by atoms with Gasteiger partial charge in [0.25, 0.3) is 0 Å². The zero-order chi connectivity index (χ0) is 11.9. The summed E-state index contributed by atoms with van der Waals surface area (Å²) in [5.74, 6) is 0.326. The van der Waals surface area contributed by atoms with E-state index in [1.807, 2.05) is 0 Å². The van der Waals surface area contributed by atoms with Crippen LogP contribution in [-0.4, -0.2) is 29.7 Å². The van der Waals surface area contributed by atoms with Gasteiger partial charge in [0, 0.05) is 0 Å². The van der Waals surface area contributed by atoms with Crippen LogP contribution in [0.4, 0.5) is 4.39 Å². The molecule has 1 aromatic heterocycles. The van der Waals surface area contributed by atoms with Gasteiger partial charge < -0.3 is 10.1 Å². The monoisotopic (exact) mass is 239 g/mol. The average molecular weight is 239 g/mol. The Balaban J connectivity index is 1.60. The molecule has 1 N–H and O–H groups in total. The zero-order valence-corrected chi connectivity index (χ0v) is 9.86. The van der Waals surface area contributed by atoms with E-state index in [9.17, 15) is 4.39 Å². The molecule has 94 valence electrons. The van der Waals surface area contributed by atoms with Gasteiger partial charge in [0.15, 0.2) is 5.82 Å². The molecule has 4 nitrogen and oxygen atoms in total. The van der Waals surface area contributed by atoms with Gasteiger partial charge in [-0.25, -0.2) is 14.4 Å². The average Bonchev–Trinajstić information content (AvgIpc) is 2.38. The van der Waals surface area contributed by atoms with Crippen LogP contribution in [-0.2, 0) is 0 Å². The lowest BCUT2D eigenvalue weighted by molar-refractivity contribution is 0.259. The Kier molecular flexibility index (Phi) is 4.67. The Bertz CT molecular complexity index is 325. The number of aromatic nitrogens is 2. The van der Waals surface area contributed by atoms with Gasteiger partial charge in [0.05, 0.1) is 19.0 Å². The molecule has 1 saturated heterocycles. The van der Waals surface area contributed by atoms with Crippen LogP contribution >= 0.6 is 0 Å². The first-order valence-corrected chi connectivity index (χ1v) is 6.15. The lowest BCUT2D eigenvalue weighted by Gasteiger charge is -2.22. The van der Waals surface area contributed by atoms with Crippen molar-refractivity contribution in [1.29, 1.82) is 0 Å². The minimum atomic E-state index is -0.439. The number of halogens is 1. The fourth-order valence-corrected chi connectivity index (χ4v) is 2.08. The SMILES string of the molecule is Fc1cnc(OCCC[C@@H]2CCCNC2)nc1. The number of hydrogen-bond acceptors (Lipinski definition) is 4. The molecule has 0 spiro atoms. The lowest BCUT2D eigenvalue weighted by Crippen LogP contribution is -2.29. The summed E-state index contributed by atoms with van der Waals surface area (Å²) in [5.41, 5.74) is 0. The molecule has 1 aromatic rings. The van der Waals surface area contributed by atoms with Crippen LogP contribution in [0, 0.1) is 11.7 Å². The third-order valence-corrected chi connectivity index (χ3v) is 2.98. The Labute approximate surface area is 101 Å². The van der Waals surface area contributed by atoms with Crippen molar-refractivity contribution in [2.75, 3.05) is 19.7 Å². The van der Waals surface area contributed by atoms with Crippen molar-refractivity contribution < 1.29 is 9.13 Å². The summed E-state index contributed by atoms with van der Waals surface area (Å²) in [5, 5.41) is 3.39. The van der Waals surface area contributed by atoms with Crippen LogP contribution in [0.15, 0.2) is 12.4 Å². The van der Waals surface area contributed by atoms with E-state index in [1.165, 1.54) is 12.8 Å². The minimum Gasteiger partial charge on any atom is -0.463 e. The molecule has 1 fully saturated rings. The van der Waals surface area contributed by atoms with Crippen molar-refractivity contribution in [3.8, 4) is 6.01 Å². The fraction of sp³-hybridized carbons (Fsp3) is 0.667. The van der Waals surface area contributed by atoms with Gasteiger partial charge in [-0.05, 0) is 44.7 Å². The summed E-state index contributed by atoms with van der Waals surface area (Å²) in [6, 6.07) is 0.258. The molecule has 0 saturated carbocycles. The molecule has 1 atom stereocenters. The lowest BCUT2D eigenvalue weighted by atomic mass is 9.95. The second-order valence-corrected chi connectivity index (χ2v) is 4.39. The number of rotatable bonds is 5. The van der Waals surface area contributed by atoms with Crippen LogP contribution in [0.25, 0.3) is 0 Å². The number of nitrogens with one attached hydrogen (secondary N) is 1. The highest BCUT2D eigenvalue weighted by Gasteiger charge is 2.12. The Morgan fingerprint density at radius 1 is 1.41 bits per heavy atom. The van der Waals surface area contributed by atoms with Crippen LogP contribution in [0.1, 0.15) is 25.7 Å². The highest BCUT2D eigenvalue weighted by atomic mass is 19.1. The van der Waals surface area contributed by atoms with Gasteiger partial charge in [-0.2, -0.15) is 0 Å². The van der Waals surface area contributed by atoms with E-state index in [4.69, 9.17) is 4.74 Å². The maximum Gasteiger partial charge on any atom is 0.316 e.